The van der Waals surface area contributed by atoms with E-state index in [2.05, 4.69) is 97.4 Å². The third-order valence-electron chi connectivity index (χ3n) is 8.00. The largest absolute Gasteiger partial charge is 0.405 e. The molecular formula is C33H38BrN3O3Si. The number of aliphatic hydroxyl groups is 1. The van der Waals surface area contributed by atoms with Gasteiger partial charge in [0.2, 0.25) is 0 Å². The van der Waals surface area contributed by atoms with E-state index >= 15 is 0 Å². The molecule has 0 saturated carbocycles. The summed E-state index contributed by atoms with van der Waals surface area (Å²) in [7, 11) is -2.68. The molecule has 1 aliphatic rings. The number of nitrogens with zero attached hydrogens (tertiary/aromatic N) is 3. The van der Waals surface area contributed by atoms with Crippen molar-refractivity contribution in [1.29, 1.82) is 10.5 Å². The van der Waals surface area contributed by atoms with Crippen molar-refractivity contribution in [2.45, 2.75) is 51.0 Å². The first-order chi connectivity index (χ1) is 19.7. The zero-order chi connectivity index (χ0) is 29.5. The Labute approximate surface area is 253 Å². The Kier molecular flexibility index (Phi) is 10.4. The molecule has 3 aromatic carbocycles. The van der Waals surface area contributed by atoms with Crippen LogP contribution in [0.4, 0.5) is 5.69 Å². The van der Waals surface area contributed by atoms with Gasteiger partial charge in [-0.2, -0.15) is 10.5 Å². The van der Waals surface area contributed by atoms with Crippen LogP contribution in [0.5, 0.6) is 0 Å². The maximum Gasteiger partial charge on any atom is 0.261 e. The van der Waals surface area contributed by atoms with Crippen molar-refractivity contribution in [3.05, 3.63) is 89.4 Å². The van der Waals surface area contributed by atoms with Gasteiger partial charge in [-0.3, -0.25) is 0 Å². The van der Waals surface area contributed by atoms with E-state index in [1.165, 1.54) is 10.4 Å². The van der Waals surface area contributed by atoms with Gasteiger partial charge in [0.05, 0.1) is 37.4 Å². The minimum absolute atomic E-state index is 0.0243. The Morgan fingerprint density at radius 1 is 0.976 bits per heavy atom. The maximum absolute atomic E-state index is 11.3. The predicted octanol–water partition coefficient (Wildman–Crippen LogP) is 5.61. The lowest BCUT2D eigenvalue weighted by Gasteiger charge is -2.44. The summed E-state index contributed by atoms with van der Waals surface area (Å²) in [5.74, 6) is -0.860. The van der Waals surface area contributed by atoms with Gasteiger partial charge in [-0.25, -0.2) is 0 Å². The second-order valence-corrected chi connectivity index (χ2v) is 16.8. The first-order valence-corrected chi connectivity index (χ1v) is 16.7. The van der Waals surface area contributed by atoms with Crippen molar-refractivity contribution < 1.29 is 14.3 Å². The van der Waals surface area contributed by atoms with Crippen LogP contribution in [0.1, 0.15) is 33.6 Å². The number of nitriles is 2. The molecule has 8 heteroatoms. The van der Waals surface area contributed by atoms with Crippen LogP contribution >= 0.6 is 15.9 Å². The van der Waals surface area contributed by atoms with Gasteiger partial charge in [-0.15, -0.1) is 0 Å². The Morgan fingerprint density at radius 3 is 2.02 bits per heavy atom. The van der Waals surface area contributed by atoms with Gasteiger partial charge in [0.15, 0.2) is 0 Å². The average Bonchev–Trinajstić information content (AvgIpc) is 2.98. The molecule has 0 aliphatic carbocycles. The molecule has 0 radical (unpaired) electrons. The fraction of sp³-hybridized carbons (Fsp3) is 0.394. The number of ether oxygens (including phenoxy) is 1. The van der Waals surface area contributed by atoms with E-state index in [0.717, 1.165) is 17.3 Å². The molecule has 1 heterocycles. The van der Waals surface area contributed by atoms with Gasteiger partial charge in [0, 0.05) is 16.1 Å². The molecule has 1 N–H and O–H groups in total. The van der Waals surface area contributed by atoms with Crippen LogP contribution in [0.3, 0.4) is 0 Å². The van der Waals surface area contributed by atoms with Gasteiger partial charge in [-0.05, 0) is 52.5 Å². The molecule has 1 fully saturated rings. The molecule has 0 aromatic heterocycles. The second kappa shape index (κ2) is 13.8. The first kappa shape index (κ1) is 31.0. The summed E-state index contributed by atoms with van der Waals surface area (Å²) in [6.07, 6.45) is 0.222. The van der Waals surface area contributed by atoms with Crippen molar-refractivity contribution in [1.82, 2.24) is 0 Å². The van der Waals surface area contributed by atoms with E-state index in [0.29, 0.717) is 18.9 Å². The molecule has 6 nitrogen and oxygen atoms in total. The first-order valence-electron chi connectivity index (χ1n) is 14.0. The fourth-order valence-corrected chi connectivity index (χ4v) is 10.7. The van der Waals surface area contributed by atoms with Crippen LogP contribution in [0, 0.1) is 34.5 Å². The number of rotatable bonds is 10. The summed E-state index contributed by atoms with van der Waals surface area (Å²) < 4.78 is 14.3. The highest BCUT2D eigenvalue weighted by atomic mass is 79.9. The van der Waals surface area contributed by atoms with Crippen LogP contribution in [-0.4, -0.2) is 45.5 Å². The van der Waals surface area contributed by atoms with E-state index < -0.39 is 20.5 Å². The molecule has 4 unspecified atom stereocenters. The number of halogens is 1. The molecule has 1 saturated heterocycles. The van der Waals surface area contributed by atoms with Crippen molar-refractivity contribution in [2.24, 2.45) is 11.8 Å². The average molecular weight is 633 g/mol. The Hall–Kier alpha value is -2.98. The van der Waals surface area contributed by atoms with E-state index in [9.17, 15) is 15.6 Å². The summed E-state index contributed by atoms with van der Waals surface area (Å²) in [6.45, 7) is 7.56. The van der Waals surface area contributed by atoms with Crippen LogP contribution in [0.2, 0.25) is 5.04 Å². The molecule has 214 valence electrons. The fourth-order valence-electron chi connectivity index (χ4n) is 5.88. The van der Waals surface area contributed by atoms with Gasteiger partial charge in [0.25, 0.3) is 8.32 Å². The number of aliphatic hydroxyl groups excluding tert-OH is 1. The van der Waals surface area contributed by atoms with E-state index in [1.807, 2.05) is 36.4 Å². The van der Waals surface area contributed by atoms with Crippen LogP contribution in [-0.2, 0) is 9.16 Å². The highest BCUT2D eigenvalue weighted by Gasteiger charge is 2.50. The lowest BCUT2D eigenvalue weighted by molar-refractivity contribution is -0.0598. The maximum atomic E-state index is 11.3. The Balaban J connectivity index is 1.48. The molecule has 4 rings (SSSR count). The predicted molar refractivity (Wildman–Crippen MR) is 168 cm³/mol. The second-order valence-electron chi connectivity index (χ2n) is 11.6. The number of hydrogen-bond donors (Lipinski definition) is 1. The molecule has 0 spiro atoms. The lowest BCUT2D eigenvalue weighted by Crippen LogP contribution is -2.67. The summed E-state index contributed by atoms with van der Waals surface area (Å²) in [5.41, 5.74) is 0.691. The smallest absolute Gasteiger partial charge is 0.261 e. The summed E-state index contributed by atoms with van der Waals surface area (Å²) >= 11 is 3.42. The van der Waals surface area contributed by atoms with Gasteiger partial charge in [0.1, 0.15) is 12.8 Å². The molecule has 1 aliphatic heterocycles. The minimum Gasteiger partial charge on any atom is -0.405 e. The van der Waals surface area contributed by atoms with Crippen molar-refractivity contribution in [3.8, 4) is 12.1 Å². The number of benzene rings is 3. The number of hydrogen-bond acceptors (Lipinski definition) is 6. The van der Waals surface area contributed by atoms with Crippen molar-refractivity contribution in [2.75, 3.05) is 24.7 Å². The zero-order valence-corrected chi connectivity index (χ0v) is 26.5. The van der Waals surface area contributed by atoms with E-state index in [4.69, 9.17) is 9.16 Å². The molecule has 0 amide bonds. The molecule has 0 bridgehead atoms. The minimum atomic E-state index is -2.68. The SMILES string of the molecule is CC(C)(C)[Si](OCC1CCC(C(C#N)C(O)N(CC#N)c2ccc(Br)cc2)CO1)(c1ccccc1)c1ccccc1. The zero-order valence-electron chi connectivity index (χ0n) is 23.9. The molecule has 4 atom stereocenters. The topological polar surface area (TPSA) is 89.5 Å². The van der Waals surface area contributed by atoms with E-state index in [-0.39, 0.29) is 23.6 Å². The quantitative estimate of drug-likeness (QED) is 0.178. The van der Waals surface area contributed by atoms with Gasteiger partial charge < -0.3 is 19.2 Å². The molecule has 3 aromatic rings. The van der Waals surface area contributed by atoms with Gasteiger partial charge >= 0.3 is 0 Å². The Morgan fingerprint density at radius 2 is 1.56 bits per heavy atom. The third kappa shape index (κ3) is 6.92. The highest BCUT2D eigenvalue weighted by Crippen LogP contribution is 2.38. The standard InChI is InChI=1S/C33H38BrN3O3Si/c1-33(2,3)41(29-10-6-4-7-11-29,30-12-8-5-9-13-30)40-24-28-19-14-25(23-39-28)31(22-36)32(38)37(21-20-35)27-17-15-26(34)16-18-27/h4-13,15-18,25,28,31-32,38H,14,19,21,23-24H2,1-3H3. The van der Waals surface area contributed by atoms with Crippen LogP contribution < -0.4 is 15.3 Å². The monoisotopic (exact) mass is 631 g/mol. The van der Waals surface area contributed by atoms with E-state index in [1.54, 1.807) is 4.90 Å². The highest BCUT2D eigenvalue weighted by molar-refractivity contribution is 9.10. The summed E-state index contributed by atoms with van der Waals surface area (Å²) in [4.78, 5) is 1.58. The lowest BCUT2D eigenvalue weighted by atomic mass is 9.85. The Bertz CT molecular complexity index is 1290. The molecular weight excluding hydrogens is 594 g/mol. The normalized spacial score (nSPS) is 19.0. The van der Waals surface area contributed by atoms with Crippen molar-refractivity contribution in [3.63, 3.8) is 0 Å². The summed E-state index contributed by atoms with van der Waals surface area (Å²) in [6, 6.07) is 32.9. The van der Waals surface area contributed by atoms with Gasteiger partial charge in [-0.1, -0.05) is 97.4 Å². The third-order valence-corrected chi connectivity index (χ3v) is 13.5. The number of anilines is 1. The van der Waals surface area contributed by atoms with Crippen LogP contribution in [0.25, 0.3) is 0 Å². The van der Waals surface area contributed by atoms with Crippen LogP contribution in [0.15, 0.2) is 89.4 Å². The van der Waals surface area contributed by atoms with Crippen molar-refractivity contribution >= 4 is 40.3 Å². The summed E-state index contributed by atoms with van der Waals surface area (Å²) in [5, 5.41) is 33.1. The molecule has 41 heavy (non-hydrogen) atoms.